The van der Waals surface area contributed by atoms with Crippen LogP contribution in [0.4, 0.5) is 0 Å². The molecular formula is C5H10ClO3P. The van der Waals surface area contributed by atoms with Crippen LogP contribution in [0, 0.1) is 0 Å². The Kier molecular flexibility index (Phi) is 3.89. The lowest BCUT2D eigenvalue weighted by molar-refractivity contribution is 0.249. The van der Waals surface area contributed by atoms with Crippen LogP contribution >= 0.6 is 20.2 Å². The van der Waals surface area contributed by atoms with Crippen molar-refractivity contribution in [3.63, 3.8) is 0 Å². The van der Waals surface area contributed by atoms with Gasteiger partial charge in [-0.25, -0.2) is 0 Å². The molecule has 1 unspecified atom stereocenters. The first-order valence-corrected chi connectivity index (χ1v) is 4.65. The second-order valence-electron chi connectivity index (χ2n) is 1.97. The third kappa shape index (κ3) is 3.13. The Morgan fingerprint density at radius 1 is 1.60 bits per heavy atom. The van der Waals surface area contributed by atoms with Crippen LogP contribution in [0.5, 0.6) is 0 Å². The highest BCUT2D eigenvalue weighted by atomic mass is 35.5. The van der Waals surface area contributed by atoms with Crippen LogP contribution in [0.1, 0.15) is 6.92 Å². The molecule has 0 amide bonds. The fraction of sp³-hybridized carbons (Fsp3) is 1.00. The van der Waals surface area contributed by atoms with Crippen molar-refractivity contribution in [3.05, 3.63) is 0 Å². The molecule has 10 heavy (non-hydrogen) atoms. The van der Waals surface area contributed by atoms with Gasteiger partial charge >= 0.3 is 8.60 Å². The molecule has 0 aromatic rings. The van der Waals surface area contributed by atoms with Crippen molar-refractivity contribution < 1.29 is 13.6 Å². The van der Waals surface area contributed by atoms with Crippen molar-refractivity contribution >= 4 is 20.2 Å². The van der Waals surface area contributed by atoms with E-state index in [2.05, 4.69) is 0 Å². The van der Waals surface area contributed by atoms with Crippen LogP contribution in [0.15, 0.2) is 0 Å². The third-order valence-corrected chi connectivity index (χ3v) is 2.16. The van der Waals surface area contributed by atoms with E-state index >= 15 is 0 Å². The summed E-state index contributed by atoms with van der Waals surface area (Å²) in [5.74, 6) is 0. The molecule has 1 saturated heterocycles. The molecular weight excluding hydrogens is 174 g/mol. The SMILES string of the molecule is CC(Cl)COP1OCCO1. The minimum Gasteiger partial charge on any atom is -0.311 e. The van der Waals surface area contributed by atoms with Gasteiger partial charge in [0, 0.05) is 0 Å². The summed E-state index contributed by atoms with van der Waals surface area (Å²) in [6, 6.07) is 0. The topological polar surface area (TPSA) is 27.7 Å². The molecule has 0 saturated carbocycles. The number of alkyl halides is 1. The van der Waals surface area contributed by atoms with Gasteiger partial charge in [-0.05, 0) is 6.92 Å². The van der Waals surface area contributed by atoms with Gasteiger partial charge in [0.15, 0.2) is 0 Å². The molecule has 1 aliphatic heterocycles. The molecule has 1 rings (SSSR count). The van der Waals surface area contributed by atoms with Crippen molar-refractivity contribution in [2.24, 2.45) is 0 Å². The van der Waals surface area contributed by atoms with Crippen LogP contribution in [0.25, 0.3) is 0 Å². The number of rotatable bonds is 3. The Morgan fingerprint density at radius 2 is 2.20 bits per heavy atom. The maximum atomic E-state index is 5.63. The Labute approximate surface area is 66.6 Å². The number of hydrogen-bond donors (Lipinski definition) is 0. The average Bonchev–Trinajstić information content (AvgIpc) is 2.34. The Morgan fingerprint density at radius 3 is 2.70 bits per heavy atom. The Bertz CT molecular complexity index is 94.9. The fourth-order valence-corrected chi connectivity index (χ4v) is 1.67. The Hall–Kier alpha value is 0.600. The fourth-order valence-electron chi connectivity index (χ4n) is 0.499. The summed E-state index contributed by atoms with van der Waals surface area (Å²) in [5, 5.41) is 0.0234. The third-order valence-electron chi connectivity index (χ3n) is 0.886. The van der Waals surface area contributed by atoms with Gasteiger partial charge in [0.25, 0.3) is 0 Å². The van der Waals surface area contributed by atoms with Gasteiger partial charge in [0.2, 0.25) is 0 Å². The van der Waals surface area contributed by atoms with E-state index in [0.717, 1.165) is 0 Å². The second kappa shape index (κ2) is 4.47. The maximum absolute atomic E-state index is 5.63. The Balaban J connectivity index is 2.01. The van der Waals surface area contributed by atoms with Crippen molar-refractivity contribution in [1.29, 1.82) is 0 Å². The van der Waals surface area contributed by atoms with Gasteiger partial charge < -0.3 is 13.6 Å². The van der Waals surface area contributed by atoms with Crippen LogP contribution in [0.3, 0.4) is 0 Å². The zero-order valence-electron chi connectivity index (χ0n) is 5.75. The van der Waals surface area contributed by atoms with Crippen molar-refractivity contribution in [1.82, 2.24) is 0 Å². The quantitative estimate of drug-likeness (QED) is 0.495. The summed E-state index contributed by atoms with van der Waals surface area (Å²) in [4.78, 5) is 0. The molecule has 1 atom stereocenters. The summed E-state index contributed by atoms with van der Waals surface area (Å²) in [5.41, 5.74) is 0. The van der Waals surface area contributed by atoms with Gasteiger partial charge in [-0.15, -0.1) is 11.6 Å². The lowest BCUT2D eigenvalue weighted by atomic mass is 10.5. The van der Waals surface area contributed by atoms with E-state index in [1.807, 2.05) is 6.92 Å². The molecule has 0 radical (unpaired) electrons. The first-order valence-electron chi connectivity index (χ1n) is 3.12. The summed E-state index contributed by atoms with van der Waals surface area (Å²) in [6.45, 7) is 3.64. The van der Waals surface area contributed by atoms with Crippen LogP contribution in [-0.4, -0.2) is 25.2 Å². The molecule has 0 aromatic carbocycles. The molecule has 0 N–H and O–H groups in total. The molecule has 0 aromatic heterocycles. The first-order chi connectivity index (χ1) is 4.79. The lowest BCUT2D eigenvalue weighted by Gasteiger charge is -2.08. The monoisotopic (exact) mass is 184 g/mol. The zero-order chi connectivity index (χ0) is 7.40. The summed E-state index contributed by atoms with van der Waals surface area (Å²) >= 11 is 5.63. The van der Waals surface area contributed by atoms with Crippen molar-refractivity contribution in [2.75, 3.05) is 19.8 Å². The summed E-state index contributed by atoms with van der Waals surface area (Å²) in [7, 11) is -1.06. The lowest BCUT2D eigenvalue weighted by Crippen LogP contribution is -2.00. The molecule has 3 nitrogen and oxygen atoms in total. The predicted octanol–water partition coefficient (Wildman–Crippen LogP) is 1.90. The molecule has 0 spiro atoms. The molecule has 1 aliphatic rings. The second-order valence-corrected chi connectivity index (χ2v) is 3.93. The maximum Gasteiger partial charge on any atom is 0.332 e. The minimum atomic E-state index is -1.06. The van der Waals surface area contributed by atoms with Gasteiger partial charge in [-0.3, -0.25) is 0 Å². The minimum absolute atomic E-state index is 0.0234. The van der Waals surface area contributed by atoms with E-state index in [9.17, 15) is 0 Å². The predicted molar refractivity (Wildman–Crippen MR) is 40.1 cm³/mol. The van der Waals surface area contributed by atoms with Crippen LogP contribution in [-0.2, 0) is 13.6 Å². The average molecular weight is 185 g/mol. The first kappa shape index (κ1) is 8.69. The van der Waals surface area contributed by atoms with Crippen molar-refractivity contribution in [3.8, 4) is 0 Å². The zero-order valence-corrected chi connectivity index (χ0v) is 7.40. The highest BCUT2D eigenvalue weighted by Gasteiger charge is 2.18. The van der Waals surface area contributed by atoms with E-state index < -0.39 is 8.60 Å². The normalized spacial score (nSPS) is 23.4. The summed E-state index contributed by atoms with van der Waals surface area (Å²) in [6.07, 6.45) is 0. The number of hydrogen-bond acceptors (Lipinski definition) is 3. The van der Waals surface area contributed by atoms with E-state index in [0.29, 0.717) is 19.8 Å². The largest absolute Gasteiger partial charge is 0.332 e. The van der Waals surface area contributed by atoms with Gasteiger partial charge in [0.1, 0.15) is 0 Å². The highest BCUT2D eigenvalue weighted by Crippen LogP contribution is 2.43. The van der Waals surface area contributed by atoms with E-state index in [1.165, 1.54) is 0 Å². The summed E-state index contributed by atoms with van der Waals surface area (Å²) < 4.78 is 15.3. The standard InChI is InChI=1S/C5H10ClO3P/c1-5(6)4-9-10-7-2-3-8-10/h5H,2-4H2,1H3. The molecule has 0 aliphatic carbocycles. The van der Waals surface area contributed by atoms with Gasteiger partial charge in [-0.2, -0.15) is 0 Å². The van der Waals surface area contributed by atoms with E-state index in [-0.39, 0.29) is 5.38 Å². The van der Waals surface area contributed by atoms with Gasteiger partial charge in [0.05, 0.1) is 25.2 Å². The van der Waals surface area contributed by atoms with Crippen LogP contribution in [0.2, 0.25) is 0 Å². The van der Waals surface area contributed by atoms with Crippen molar-refractivity contribution in [2.45, 2.75) is 12.3 Å². The van der Waals surface area contributed by atoms with Gasteiger partial charge in [-0.1, -0.05) is 0 Å². The smallest absolute Gasteiger partial charge is 0.311 e. The molecule has 1 fully saturated rings. The number of halogens is 1. The molecule has 0 bridgehead atoms. The van der Waals surface area contributed by atoms with E-state index in [4.69, 9.17) is 25.2 Å². The highest BCUT2D eigenvalue weighted by molar-refractivity contribution is 7.41. The molecule has 1 heterocycles. The molecule has 5 heteroatoms. The van der Waals surface area contributed by atoms with E-state index in [1.54, 1.807) is 0 Å². The van der Waals surface area contributed by atoms with Crippen LogP contribution < -0.4 is 0 Å². The molecule has 60 valence electrons.